The van der Waals surface area contributed by atoms with Crippen molar-refractivity contribution in [2.75, 3.05) is 38.2 Å². The van der Waals surface area contributed by atoms with E-state index in [4.69, 9.17) is 4.74 Å². The zero-order valence-corrected chi connectivity index (χ0v) is 17.5. The number of urea groups is 1. The third kappa shape index (κ3) is 3.28. The molecule has 152 valence electrons. The molecule has 0 radical (unpaired) electrons. The maximum Gasteiger partial charge on any atom is 0.327 e. The van der Waals surface area contributed by atoms with Crippen molar-refractivity contribution in [1.82, 2.24) is 14.7 Å². The number of thioether (sulfide) groups is 1. The molecule has 3 heterocycles. The van der Waals surface area contributed by atoms with Gasteiger partial charge in [-0.1, -0.05) is 12.1 Å². The van der Waals surface area contributed by atoms with Crippen molar-refractivity contribution in [2.45, 2.75) is 44.3 Å². The molecule has 3 aliphatic rings. The van der Waals surface area contributed by atoms with E-state index in [-0.39, 0.29) is 11.9 Å². The highest BCUT2D eigenvalue weighted by Gasteiger charge is 2.57. The van der Waals surface area contributed by atoms with E-state index in [1.165, 1.54) is 22.8 Å². The minimum Gasteiger partial charge on any atom is -0.497 e. The lowest BCUT2D eigenvalue weighted by molar-refractivity contribution is -0.136. The predicted molar refractivity (Wildman–Crippen MR) is 111 cm³/mol. The molecule has 0 aromatic heterocycles. The van der Waals surface area contributed by atoms with Crippen LogP contribution in [0.4, 0.5) is 4.79 Å². The number of piperidine rings is 1. The standard InChI is InChI=1S/C21H29N3O3S/c1-3-24-20(26)23(14-16-5-4-6-18(13-16)27-2)19(25)21(24)8-10-22(11-9-21)17-7-12-28-15-17/h4-6,13,17H,3,7-12,14-15H2,1-2H3/t17-/m0/s1. The quantitative estimate of drug-likeness (QED) is 0.708. The van der Waals surface area contributed by atoms with E-state index in [0.29, 0.717) is 19.1 Å². The number of imide groups is 1. The van der Waals surface area contributed by atoms with E-state index in [9.17, 15) is 9.59 Å². The molecule has 3 fully saturated rings. The Labute approximate surface area is 171 Å². The minimum atomic E-state index is -0.660. The normalized spacial score (nSPS) is 25.1. The molecule has 3 saturated heterocycles. The number of methoxy groups -OCH3 is 1. The molecule has 4 rings (SSSR count). The van der Waals surface area contributed by atoms with Crippen LogP contribution in [0.1, 0.15) is 31.7 Å². The van der Waals surface area contributed by atoms with Gasteiger partial charge in [-0.15, -0.1) is 0 Å². The summed E-state index contributed by atoms with van der Waals surface area (Å²) in [6, 6.07) is 8.07. The second kappa shape index (κ2) is 7.95. The smallest absolute Gasteiger partial charge is 0.327 e. The number of hydrogen-bond acceptors (Lipinski definition) is 5. The largest absolute Gasteiger partial charge is 0.497 e. The molecule has 0 N–H and O–H groups in total. The highest BCUT2D eigenvalue weighted by atomic mass is 32.2. The number of ether oxygens (including phenoxy) is 1. The Morgan fingerprint density at radius 3 is 2.68 bits per heavy atom. The van der Waals surface area contributed by atoms with Gasteiger partial charge in [0, 0.05) is 31.4 Å². The van der Waals surface area contributed by atoms with Gasteiger partial charge in [0.25, 0.3) is 5.91 Å². The van der Waals surface area contributed by atoms with Crippen molar-refractivity contribution >= 4 is 23.7 Å². The first-order chi connectivity index (χ1) is 13.6. The van der Waals surface area contributed by atoms with Gasteiger partial charge in [0.2, 0.25) is 0 Å². The number of nitrogens with zero attached hydrogens (tertiary/aromatic N) is 3. The van der Waals surface area contributed by atoms with Crippen LogP contribution in [-0.2, 0) is 11.3 Å². The van der Waals surface area contributed by atoms with Crippen LogP contribution < -0.4 is 4.74 Å². The van der Waals surface area contributed by atoms with E-state index < -0.39 is 5.54 Å². The molecule has 0 unspecified atom stereocenters. The Balaban J connectivity index is 1.52. The number of amides is 3. The lowest BCUT2D eigenvalue weighted by atomic mass is 9.85. The zero-order valence-electron chi connectivity index (χ0n) is 16.7. The SMILES string of the molecule is CCN1C(=O)N(Cc2cccc(OC)c2)C(=O)C12CCN([C@H]1CCSC1)CC2. The summed E-state index contributed by atoms with van der Waals surface area (Å²) in [5, 5.41) is 0. The molecule has 0 aliphatic carbocycles. The zero-order chi connectivity index (χ0) is 19.7. The summed E-state index contributed by atoms with van der Waals surface area (Å²) < 4.78 is 5.28. The van der Waals surface area contributed by atoms with Gasteiger partial charge in [-0.2, -0.15) is 11.8 Å². The summed E-state index contributed by atoms with van der Waals surface area (Å²) >= 11 is 2.02. The molecule has 0 saturated carbocycles. The molecular weight excluding hydrogens is 374 g/mol. The number of hydrogen-bond donors (Lipinski definition) is 0. The van der Waals surface area contributed by atoms with Crippen molar-refractivity contribution in [3.8, 4) is 5.75 Å². The van der Waals surface area contributed by atoms with Crippen LogP contribution in [0.5, 0.6) is 5.75 Å². The van der Waals surface area contributed by atoms with E-state index in [1.807, 2.05) is 47.9 Å². The minimum absolute atomic E-state index is 0.0254. The summed E-state index contributed by atoms with van der Waals surface area (Å²) in [5.41, 5.74) is 0.252. The first kappa shape index (κ1) is 19.6. The van der Waals surface area contributed by atoms with Gasteiger partial charge in [-0.3, -0.25) is 14.6 Å². The van der Waals surface area contributed by atoms with E-state index in [2.05, 4.69) is 4.90 Å². The molecule has 6 nitrogen and oxygen atoms in total. The predicted octanol–water partition coefficient (Wildman–Crippen LogP) is 2.82. The lowest BCUT2D eigenvalue weighted by Gasteiger charge is -2.43. The molecule has 1 aromatic rings. The number of carbonyl (C=O) groups excluding carboxylic acids is 2. The van der Waals surface area contributed by atoms with Gasteiger partial charge >= 0.3 is 6.03 Å². The lowest BCUT2D eigenvalue weighted by Crippen LogP contribution is -2.57. The van der Waals surface area contributed by atoms with Crippen LogP contribution in [0.2, 0.25) is 0 Å². The summed E-state index contributed by atoms with van der Waals surface area (Å²) in [7, 11) is 1.62. The Hall–Kier alpha value is -1.73. The molecule has 7 heteroatoms. The fourth-order valence-corrected chi connectivity index (χ4v) is 6.12. The first-order valence-electron chi connectivity index (χ1n) is 10.2. The van der Waals surface area contributed by atoms with Crippen LogP contribution in [0.25, 0.3) is 0 Å². The number of rotatable bonds is 5. The van der Waals surface area contributed by atoms with Crippen LogP contribution in [0.3, 0.4) is 0 Å². The molecule has 28 heavy (non-hydrogen) atoms. The number of likely N-dealkylation sites (tertiary alicyclic amines) is 1. The summed E-state index contributed by atoms with van der Waals surface area (Å²) in [4.78, 5) is 32.3. The van der Waals surface area contributed by atoms with Crippen LogP contribution in [0.15, 0.2) is 24.3 Å². The highest BCUT2D eigenvalue weighted by molar-refractivity contribution is 7.99. The summed E-state index contributed by atoms with van der Waals surface area (Å²) in [6.45, 7) is 4.64. The van der Waals surface area contributed by atoms with Crippen LogP contribution in [0, 0.1) is 0 Å². The van der Waals surface area contributed by atoms with Gasteiger partial charge in [-0.25, -0.2) is 4.79 Å². The number of likely N-dealkylation sites (N-methyl/N-ethyl adjacent to an activating group) is 1. The Morgan fingerprint density at radius 2 is 2.04 bits per heavy atom. The average molecular weight is 404 g/mol. The van der Waals surface area contributed by atoms with Crippen LogP contribution in [-0.4, -0.2) is 76.5 Å². The van der Waals surface area contributed by atoms with Crippen molar-refractivity contribution in [2.24, 2.45) is 0 Å². The monoisotopic (exact) mass is 403 g/mol. The Morgan fingerprint density at radius 1 is 1.25 bits per heavy atom. The van der Waals surface area contributed by atoms with Gasteiger partial charge in [0.15, 0.2) is 0 Å². The van der Waals surface area contributed by atoms with Crippen LogP contribution >= 0.6 is 11.8 Å². The van der Waals surface area contributed by atoms with Gasteiger partial charge < -0.3 is 9.64 Å². The van der Waals surface area contributed by atoms with E-state index >= 15 is 0 Å². The third-order valence-corrected chi connectivity index (χ3v) is 7.60. The molecule has 1 aromatic carbocycles. The highest BCUT2D eigenvalue weighted by Crippen LogP contribution is 2.39. The summed E-state index contributed by atoms with van der Waals surface area (Å²) in [5.74, 6) is 3.14. The maximum absolute atomic E-state index is 13.5. The van der Waals surface area contributed by atoms with E-state index in [1.54, 1.807) is 7.11 Å². The Bertz CT molecular complexity index is 742. The fraction of sp³-hybridized carbons (Fsp3) is 0.619. The number of carbonyl (C=O) groups is 2. The van der Waals surface area contributed by atoms with Crippen molar-refractivity contribution in [3.63, 3.8) is 0 Å². The first-order valence-corrected chi connectivity index (χ1v) is 11.3. The molecule has 3 amide bonds. The molecular formula is C21H29N3O3S. The van der Waals surface area contributed by atoms with Crippen molar-refractivity contribution < 1.29 is 14.3 Å². The molecule has 1 spiro atoms. The van der Waals surface area contributed by atoms with Crippen molar-refractivity contribution in [3.05, 3.63) is 29.8 Å². The Kier molecular flexibility index (Phi) is 5.56. The number of benzene rings is 1. The second-order valence-electron chi connectivity index (χ2n) is 7.85. The van der Waals surface area contributed by atoms with E-state index in [0.717, 1.165) is 37.2 Å². The van der Waals surface area contributed by atoms with Gasteiger partial charge in [-0.05, 0) is 49.6 Å². The molecule has 3 aliphatic heterocycles. The summed E-state index contributed by atoms with van der Waals surface area (Å²) in [6.07, 6.45) is 2.71. The third-order valence-electron chi connectivity index (χ3n) is 6.46. The maximum atomic E-state index is 13.5. The molecule has 0 bridgehead atoms. The second-order valence-corrected chi connectivity index (χ2v) is 9.00. The average Bonchev–Trinajstić information content (AvgIpc) is 3.32. The van der Waals surface area contributed by atoms with Gasteiger partial charge in [0.05, 0.1) is 13.7 Å². The topological polar surface area (TPSA) is 53.1 Å². The van der Waals surface area contributed by atoms with Crippen molar-refractivity contribution in [1.29, 1.82) is 0 Å². The van der Waals surface area contributed by atoms with Gasteiger partial charge in [0.1, 0.15) is 11.3 Å². The molecule has 1 atom stereocenters. The fourth-order valence-electron chi connectivity index (χ4n) is 4.87.